The number of carbonyl (C=O) groups is 8. The van der Waals surface area contributed by atoms with Crippen LogP contribution >= 0.6 is 0 Å². The Kier molecular flexibility index (Phi) is 23.6. The highest BCUT2D eigenvalue weighted by atomic mass is 17.1. The molecule has 0 aromatic heterocycles. The predicted molar refractivity (Wildman–Crippen MR) is 234 cm³/mol. The average Bonchev–Trinajstić information content (AvgIpc) is 3.34. The average molecular weight is 1000 g/mol. The van der Waals surface area contributed by atoms with Gasteiger partial charge in [-0.15, -0.1) is 0 Å². The maximum atomic E-state index is 12.6. The van der Waals surface area contributed by atoms with E-state index in [2.05, 4.69) is 9.68 Å². The Morgan fingerprint density at radius 2 is 0.775 bits per heavy atom. The number of carbonyl (C=O) groups excluding carboxylic acids is 8. The minimum absolute atomic E-state index is 0.00483. The molecule has 25 nitrogen and oxygen atoms in total. The SMILES string of the molecule is CC(C(=O)OCC(=O)OCCCCON(O)O)c1ccc2cc(OC(=O)COC(=O)COCC(=O)OCC(=O)Oc3ccc4ccc(C(C)C(=O)OCC(=O)OCCCCON(O)O)cc4c3)ccc2c1. The third-order valence-corrected chi connectivity index (χ3v) is 9.67. The summed E-state index contributed by atoms with van der Waals surface area (Å²) in [7, 11) is 0. The minimum Gasteiger partial charge on any atom is -0.463 e. The summed E-state index contributed by atoms with van der Waals surface area (Å²) in [5, 5.41) is 35.7. The van der Waals surface area contributed by atoms with Gasteiger partial charge in [0, 0.05) is 0 Å². The summed E-state index contributed by atoms with van der Waals surface area (Å²) in [5.74, 6) is -8.07. The smallest absolute Gasteiger partial charge is 0.349 e. The molecule has 4 aromatic rings. The van der Waals surface area contributed by atoms with Crippen LogP contribution in [0, 0.1) is 0 Å². The van der Waals surface area contributed by atoms with Crippen molar-refractivity contribution in [3.63, 3.8) is 0 Å². The lowest BCUT2D eigenvalue weighted by Gasteiger charge is -2.13. The summed E-state index contributed by atoms with van der Waals surface area (Å²) in [4.78, 5) is 107. The largest absolute Gasteiger partial charge is 0.463 e. The van der Waals surface area contributed by atoms with Gasteiger partial charge in [0.05, 0.1) is 49.0 Å². The van der Waals surface area contributed by atoms with Crippen molar-refractivity contribution in [3.8, 4) is 11.5 Å². The predicted octanol–water partition coefficient (Wildman–Crippen LogP) is 3.57. The molecule has 0 aliphatic rings. The zero-order valence-electron chi connectivity index (χ0n) is 38.4. The molecule has 0 saturated heterocycles. The second-order valence-electron chi connectivity index (χ2n) is 15.0. The number of hydrogen-bond acceptors (Lipinski definition) is 25. The Balaban J connectivity index is 1.10. The van der Waals surface area contributed by atoms with Crippen LogP contribution in [-0.4, -0.2) is 145 Å². The molecular weight excluding hydrogens is 948 g/mol. The van der Waals surface area contributed by atoms with Crippen LogP contribution in [0.25, 0.3) is 21.5 Å². The third kappa shape index (κ3) is 21.1. The molecule has 4 N–H and O–H groups in total. The van der Waals surface area contributed by atoms with Gasteiger partial charge < -0.3 is 42.6 Å². The second-order valence-corrected chi connectivity index (χ2v) is 15.0. The molecule has 0 heterocycles. The summed E-state index contributed by atoms with van der Waals surface area (Å²) in [6.07, 6.45) is 1.48. The maximum absolute atomic E-state index is 12.6. The number of benzene rings is 4. The van der Waals surface area contributed by atoms with E-state index >= 15 is 0 Å². The van der Waals surface area contributed by atoms with Gasteiger partial charge in [0.1, 0.15) is 24.7 Å². The fourth-order valence-corrected chi connectivity index (χ4v) is 5.99. The minimum atomic E-state index is -1.01. The van der Waals surface area contributed by atoms with E-state index in [1.54, 1.807) is 68.4 Å². The molecule has 0 amide bonds. The molecule has 71 heavy (non-hydrogen) atoms. The van der Waals surface area contributed by atoms with Crippen molar-refractivity contribution >= 4 is 69.3 Å². The molecule has 4 aromatic carbocycles. The number of rotatable bonds is 30. The van der Waals surface area contributed by atoms with Crippen molar-refractivity contribution in [2.45, 2.75) is 51.4 Å². The van der Waals surface area contributed by atoms with Crippen LogP contribution in [0.2, 0.25) is 0 Å². The van der Waals surface area contributed by atoms with Crippen molar-refractivity contribution < 1.29 is 111 Å². The van der Waals surface area contributed by atoms with Gasteiger partial charge >= 0.3 is 47.8 Å². The van der Waals surface area contributed by atoms with E-state index in [0.717, 1.165) is 5.39 Å². The van der Waals surface area contributed by atoms with Gasteiger partial charge in [-0.05, 0) is 96.5 Å². The van der Waals surface area contributed by atoms with Gasteiger partial charge in [-0.2, -0.15) is 0 Å². The Hall–Kier alpha value is -7.20. The molecule has 0 aliphatic heterocycles. The van der Waals surface area contributed by atoms with Crippen LogP contribution in [0.4, 0.5) is 0 Å². The first-order valence-electron chi connectivity index (χ1n) is 21.6. The van der Waals surface area contributed by atoms with E-state index in [4.69, 9.17) is 63.5 Å². The van der Waals surface area contributed by atoms with E-state index in [0.29, 0.717) is 53.0 Å². The van der Waals surface area contributed by atoms with E-state index in [9.17, 15) is 38.4 Å². The lowest BCUT2D eigenvalue weighted by Crippen LogP contribution is -2.24. The molecule has 0 spiro atoms. The van der Waals surface area contributed by atoms with Crippen molar-refractivity contribution in [3.05, 3.63) is 83.9 Å². The maximum Gasteiger partial charge on any atom is 0.349 e. The quantitative estimate of drug-likeness (QED) is 0.0191. The molecule has 25 heteroatoms. The van der Waals surface area contributed by atoms with Gasteiger partial charge in [0.2, 0.25) is 0 Å². The Morgan fingerprint density at radius 3 is 1.25 bits per heavy atom. The summed E-state index contributed by atoms with van der Waals surface area (Å²) in [5.41, 5.74) is 1.12. The number of fused-ring (bicyclic) bond motifs is 2. The van der Waals surface area contributed by atoms with Gasteiger partial charge in [0.15, 0.2) is 26.4 Å². The van der Waals surface area contributed by atoms with Crippen molar-refractivity contribution in [1.82, 2.24) is 10.8 Å². The van der Waals surface area contributed by atoms with Crippen molar-refractivity contribution in [2.24, 2.45) is 0 Å². The normalized spacial score (nSPS) is 11.9. The van der Waals surface area contributed by atoms with E-state index in [1.807, 2.05) is 0 Å². The monoisotopic (exact) mass is 1000 g/mol. The first-order chi connectivity index (χ1) is 34.0. The standard InChI is InChI=1S/C46H52N2O23/c1-29(45(55)66-25-41(51)62-15-3-5-17-68-47(57)58)32-9-10-35-21-37(14-12-34(35)19-32)70-43(53)27-64-39(49)23-61-24-40(50)65-28-44(54)71-38-13-11-31-7-8-33(20-36(31)22-38)30(2)46(56)67-26-42(52)63-16-4-6-18-69-48(59)60/h7-14,19-22,29-30,57-60H,3-6,15-18,23-28H2,1-2H3. The molecule has 2 atom stereocenters. The fourth-order valence-electron chi connectivity index (χ4n) is 5.99. The van der Waals surface area contributed by atoms with E-state index in [-0.39, 0.29) is 37.9 Å². The van der Waals surface area contributed by atoms with E-state index in [1.165, 1.54) is 18.2 Å². The summed E-state index contributed by atoms with van der Waals surface area (Å²) in [6.45, 7) is -1.12. The second kappa shape index (κ2) is 29.7. The first-order valence-corrected chi connectivity index (χ1v) is 21.6. The van der Waals surface area contributed by atoms with Gasteiger partial charge in [-0.1, -0.05) is 48.5 Å². The number of esters is 8. The molecule has 384 valence electrons. The van der Waals surface area contributed by atoms with E-state index < -0.39 is 110 Å². The summed E-state index contributed by atoms with van der Waals surface area (Å²) < 4.78 is 45.3. The Labute approximate surface area is 403 Å². The summed E-state index contributed by atoms with van der Waals surface area (Å²) in [6, 6.07) is 19.5. The lowest BCUT2D eigenvalue weighted by molar-refractivity contribution is -0.492. The summed E-state index contributed by atoms with van der Waals surface area (Å²) >= 11 is 0. The van der Waals surface area contributed by atoms with Gasteiger partial charge in [-0.25, -0.2) is 28.8 Å². The molecule has 2 unspecified atom stereocenters. The molecule has 4 rings (SSSR count). The van der Waals surface area contributed by atoms with Gasteiger partial charge in [-0.3, -0.25) is 40.1 Å². The molecule has 0 saturated carbocycles. The zero-order chi connectivity index (χ0) is 51.7. The lowest BCUT2D eigenvalue weighted by atomic mass is 9.98. The van der Waals surface area contributed by atoms with Crippen molar-refractivity contribution in [1.29, 1.82) is 0 Å². The Morgan fingerprint density at radius 1 is 0.408 bits per heavy atom. The molecule has 0 bridgehead atoms. The fraction of sp³-hybridized carbons (Fsp3) is 0.391. The van der Waals surface area contributed by atoms with Gasteiger partial charge in [0.25, 0.3) is 0 Å². The molecule has 0 radical (unpaired) electrons. The third-order valence-electron chi connectivity index (χ3n) is 9.67. The molecule has 0 aliphatic carbocycles. The van der Waals surface area contributed by atoms with Crippen LogP contribution < -0.4 is 9.47 Å². The number of hydrogen-bond donors (Lipinski definition) is 4. The van der Waals surface area contributed by atoms with Crippen LogP contribution in [-0.2, 0) is 81.2 Å². The highest BCUT2D eigenvalue weighted by Gasteiger charge is 2.21. The van der Waals surface area contributed by atoms with Crippen LogP contribution in [0.1, 0.15) is 62.5 Å². The zero-order valence-corrected chi connectivity index (χ0v) is 38.4. The van der Waals surface area contributed by atoms with Crippen LogP contribution in [0.15, 0.2) is 72.8 Å². The van der Waals surface area contributed by atoms with Crippen LogP contribution in [0.3, 0.4) is 0 Å². The Bertz CT molecular complexity index is 2460. The molecular formula is C46H52N2O23. The highest BCUT2D eigenvalue weighted by molar-refractivity contribution is 5.90. The first kappa shape index (κ1) is 56.4. The number of ether oxygens (including phenoxy) is 9. The number of nitrogens with zero attached hydrogens (tertiary/aromatic N) is 2. The molecule has 0 fully saturated rings. The van der Waals surface area contributed by atoms with Crippen LogP contribution in [0.5, 0.6) is 11.5 Å². The topological polar surface area (TPSA) is 325 Å². The highest BCUT2D eigenvalue weighted by Crippen LogP contribution is 2.28. The number of unbranched alkanes of at least 4 members (excludes halogenated alkanes) is 2. The van der Waals surface area contributed by atoms with Crippen molar-refractivity contribution in [2.75, 3.05) is 66.1 Å².